The first-order valence-corrected chi connectivity index (χ1v) is 7.85. The second-order valence-corrected chi connectivity index (χ2v) is 6.18. The first-order valence-electron chi connectivity index (χ1n) is 7.06. The largest absolute Gasteiger partial charge is 0.496 e. The van der Waals surface area contributed by atoms with Gasteiger partial charge in [0.1, 0.15) is 5.75 Å². The minimum atomic E-state index is -0.396. The number of urea groups is 1. The second kappa shape index (κ2) is 7.11. The van der Waals surface area contributed by atoms with Gasteiger partial charge in [-0.05, 0) is 32.2 Å². The molecule has 6 nitrogen and oxygen atoms in total. The average Bonchev–Trinajstić information content (AvgIpc) is 2.92. The maximum absolute atomic E-state index is 12.4. The molecule has 120 valence electrons. The Hall–Kier alpha value is -1.60. The van der Waals surface area contributed by atoms with E-state index in [0.29, 0.717) is 19.6 Å². The molecule has 1 atom stereocenters. The maximum atomic E-state index is 12.4. The van der Waals surface area contributed by atoms with Crippen molar-refractivity contribution in [3.63, 3.8) is 0 Å². The summed E-state index contributed by atoms with van der Waals surface area (Å²) < 4.78 is 6.30. The maximum Gasteiger partial charge on any atom is 0.324 e. The van der Waals surface area contributed by atoms with Crippen molar-refractivity contribution < 1.29 is 14.3 Å². The molecule has 1 aromatic rings. The van der Waals surface area contributed by atoms with Crippen LogP contribution < -0.4 is 10.1 Å². The third-order valence-electron chi connectivity index (χ3n) is 3.80. The Morgan fingerprint density at radius 2 is 2.27 bits per heavy atom. The Morgan fingerprint density at radius 1 is 1.55 bits per heavy atom. The molecule has 0 aliphatic carbocycles. The number of rotatable bonds is 5. The van der Waals surface area contributed by atoms with E-state index in [-0.39, 0.29) is 11.9 Å². The molecule has 1 fully saturated rings. The number of halogens is 1. The predicted molar refractivity (Wildman–Crippen MR) is 86.7 cm³/mol. The van der Waals surface area contributed by atoms with E-state index in [1.165, 1.54) is 4.90 Å². The zero-order valence-electron chi connectivity index (χ0n) is 12.9. The highest BCUT2D eigenvalue weighted by atomic mass is 79.9. The number of benzene rings is 1. The van der Waals surface area contributed by atoms with Gasteiger partial charge < -0.3 is 10.1 Å². The van der Waals surface area contributed by atoms with Crippen LogP contribution in [0.4, 0.5) is 4.79 Å². The topological polar surface area (TPSA) is 61.9 Å². The zero-order chi connectivity index (χ0) is 16.3. The van der Waals surface area contributed by atoms with Gasteiger partial charge in [-0.15, -0.1) is 0 Å². The fraction of sp³-hybridized carbons (Fsp3) is 0.467. The van der Waals surface area contributed by atoms with Gasteiger partial charge in [-0.3, -0.25) is 14.6 Å². The summed E-state index contributed by atoms with van der Waals surface area (Å²) in [5.74, 6) is 0.583. The van der Waals surface area contributed by atoms with Crippen LogP contribution >= 0.6 is 15.9 Å². The Bertz CT molecular complexity index is 579. The summed E-state index contributed by atoms with van der Waals surface area (Å²) in [6.07, 6.45) is 0. The molecule has 0 radical (unpaired) electrons. The lowest BCUT2D eigenvalue weighted by molar-refractivity contribution is -0.132. The Morgan fingerprint density at radius 3 is 2.86 bits per heavy atom. The quantitative estimate of drug-likeness (QED) is 0.859. The average molecular weight is 370 g/mol. The molecule has 22 heavy (non-hydrogen) atoms. The van der Waals surface area contributed by atoms with E-state index in [9.17, 15) is 9.59 Å². The lowest BCUT2D eigenvalue weighted by atomic mass is 10.1. The van der Waals surface area contributed by atoms with Crippen molar-refractivity contribution in [3.05, 3.63) is 28.2 Å². The summed E-state index contributed by atoms with van der Waals surface area (Å²) in [4.78, 5) is 27.2. The molecule has 1 saturated heterocycles. The number of carbonyl (C=O) groups excluding carboxylic acids is 2. The van der Waals surface area contributed by atoms with E-state index < -0.39 is 6.04 Å². The van der Waals surface area contributed by atoms with Gasteiger partial charge in [0.25, 0.3) is 0 Å². The molecule has 2 rings (SSSR count). The van der Waals surface area contributed by atoms with Gasteiger partial charge in [0.05, 0.1) is 13.2 Å². The second-order valence-electron chi connectivity index (χ2n) is 5.27. The number of amides is 3. The summed E-state index contributed by atoms with van der Waals surface area (Å²) in [5.41, 5.74) is 0.977. The molecule has 0 bridgehead atoms. The lowest BCUT2D eigenvalue weighted by Gasteiger charge is -2.27. The SMILES string of the molecule is COc1ccc(Br)cc1CN(C)[C@@H](C)C(=O)N1CCNC1=O. The standard InChI is InChI=1S/C15H20BrN3O3/c1-10(14(20)19-7-6-17-15(19)21)18(2)9-11-8-12(16)4-5-13(11)22-3/h4-5,8,10H,6-7,9H2,1-3H3,(H,17,21)/t10-/m0/s1. The van der Waals surface area contributed by atoms with Gasteiger partial charge in [0, 0.05) is 29.7 Å². The highest BCUT2D eigenvalue weighted by molar-refractivity contribution is 9.10. The van der Waals surface area contributed by atoms with Crippen molar-refractivity contribution in [3.8, 4) is 5.75 Å². The van der Waals surface area contributed by atoms with E-state index in [2.05, 4.69) is 21.2 Å². The summed E-state index contributed by atoms with van der Waals surface area (Å²) >= 11 is 3.44. The Balaban J connectivity index is 2.08. The van der Waals surface area contributed by atoms with Crippen molar-refractivity contribution in [1.29, 1.82) is 0 Å². The minimum absolute atomic E-state index is 0.188. The number of ether oxygens (including phenoxy) is 1. The van der Waals surface area contributed by atoms with Gasteiger partial charge in [-0.2, -0.15) is 0 Å². The van der Waals surface area contributed by atoms with Gasteiger partial charge in [0.2, 0.25) is 5.91 Å². The van der Waals surface area contributed by atoms with Crippen LogP contribution in [0.25, 0.3) is 0 Å². The van der Waals surface area contributed by atoms with Crippen LogP contribution in [0, 0.1) is 0 Å². The van der Waals surface area contributed by atoms with Crippen LogP contribution in [-0.2, 0) is 11.3 Å². The van der Waals surface area contributed by atoms with E-state index in [1.807, 2.05) is 30.1 Å². The van der Waals surface area contributed by atoms with Crippen molar-refractivity contribution in [2.75, 3.05) is 27.2 Å². The Labute approximate surface area is 138 Å². The van der Waals surface area contributed by atoms with Crippen LogP contribution in [-0.4, -0.2) is 55.0 Å². The first-order chi connectivity index (χ1) is 10.4. The summed E-state index contributed by atoms with van der Waals surface area (Å²) in [5, 5.41) is 2.64. The van der Waals surface area contributed by atoms with E-state index in [0.717, 1.165) is 15.8 Å². The molecule has 3 amide bonds. The number of nitrogens with one attached hydrogen (secondary N) is 1. The number of hydrogen-bond acceptors (Lipinski definition) is 4. The zero-order valence-corrected chi connectivity index (χ0v) is 14.5. The molecule has 1 aliphatic rings. The van der Waals surface area contributed by atoms with Crippen LogP contribution in [0.3, 0.4) is 0 Å². The van der Waals surface area contributed by atoms with E-state index in [1.54, 1.807) is 14.0 Å². The van der Waals surface area contributed by atoms with Crippen LogP contribution in [0.2, 0.25) is 0 Å². The fourth-order valence-electron chi connectivity index (χ4n) is 2.37. The summed E-state index contributed by atoms with van der Waals surface area (Å²) in [6, 6.07) is 5.05. The molecule has 1 aliphatic heterocycles. The third kappa shape index (κ3) is 3.59. The summed E-state index contributed by atoms with van der Waals surface area (Å²) in [7, 11) is 3.48. The highest BCUT2D eigenvalue weighted by Gasteiger charge is 2.31. The first kappa shape index (κ1) is 16.8. The van der Waals surface area contributed by atoms with E-state index in [4.69, 9.17) is 4.74 Å². The van der Waals surface area contributed by atoms with Crippen molar-refractivity contribution >= 4 is 27.9 Å². The molecule has 7 heteroatoms. The normalized spacial score (nSPS) is 15.9. The fourth-order valence-corrected chi connectivity index (χ4v) is 2.78. The van der Waals surface area contributed by atoms with Crippen molar-refractivity contribution in [2.24, 2.45) is 0 Å². The molecule has 0 spiro atoms. The molecular formula is C15H20BrN3O3. The van der Waals surface area contributed by atoms with E-state index >= 15 is 0 Å². The van der Waals surface area contributed by atoms with Crippen LogP contribution in [0.15, 0.2) is 22.7 Å². The van der Waals surface area contributed by atoms with Gasteiger partial charge in [0.15, 0.2) is 0 Å². The lowest BCUT2D eigenvalue weighted by Crippen LogP contribution is -2.46. The van der Waals surface area contributed by atoms with Gasteiger partial charge >= 0.3 is 6.03 Å². The molecule has 0 saturated carbocycles. The molecule has 1 heterocycles. The number of hydrogen-bond donors (Lipinski definition) is 1. The molecule has 1 N–H and O–H groups in total. The van der Waals surface area contributed by atoms with Gasteiger partial charge in [-0.25, -0.2) is 4.79 Å². The minimum Gasteiger partial charge on any atom is -0.496 e. The molecule has 1 aromatic carbocycles. The van der Waals surface area contributed by atoms with Crippen LogP contribution in [0.1, 0.15) is 12.5 Å². The van der Waals surface area contributed by atoms with Crippen molar-refractivity contribution in [2.45, 2.75) is 19.5 Å². The monoisotopic (exact) mass is 369 g/mol. The molecular weight excluding hydrogens is 350 g/mol. The number of carbonyl (C=O) groups is 2. The third-order valence-corrected chi connectivity index (χ3v) is 4.30. The predicted octanol–water partition coefficient (Wildman–Crippen LogP) is 1.83. The number of imide groups is 1. The number of nitrogens with zero attached hydrogens (tertiary/aromatic N) is 2. The molecule has 0 unspecified atom stereocenters. The highest BCUT2D eigenvalue weighted by Crippen LogP contribution is 2.24. The van der Waals surface area contributed by atoms with Gasteiger partial charge in [-0.1, -0.05) is 15.9 Å². The van der Waals surface area contributed by atoms with Crippen molar-refractivity contribution in [1.82, 2.24) is 15.1 Å². The summed E-state index contributed by atoms with van der Waals surface area (Å²) in [6.45, 7) is 3.29. The number of methoxy groups -OCH3 is 1. The Kier molecular flexibility index (Phi) is 5.42. The smallest absolute Gasteiger partial charge is 0.324 e. The molecule has 0 aromatic heterocycles. The van der Waals surface area contributed by atoms with Crippen LogP contribution in [0.5, 0.6) is 5.75 Å². The number of likely N-dealkylation sites (N-methyl/N-ethyl adjacent to an activating group) is 1.